The highest BCUT2D eigenvalue weighted by atomic mass is 16.5. The van der Waals surface area contributed by atoms with E-state index in [0.717, 1.165) is 0 Å². The van der Waals surface area contributed by atoms with Crippen LogP contribution in [-0.2, 0) is 4.74 Å². The second kappa shape index (κ2) is 7.35. The number of hydrogen-bond donors (Lipinski definition) is 1. The number of amides is 1. The molecule has 0 saturated heterocycles. The topological polar surface area (TPSA) is 62.1 Å². The molecule has 0 aromatic rings. The fourth-order valence-corrected chi connectivity index (χ4v) is 0.453. The largest absolute Gasteiger partial charge is 0.453 e. The summed E-state index contributed by atoms with van der Waals surface area (Å²) in [6.45, 7) is 0. The Balaban J connectivity index is 3.45. The van der Waals surface area contributed by atoms with Gasteiger partial charge in [-0.1, -0.05) is 12.2 Å². The number of alkyl carbamates (subject to hydrolysis) is 1. The van der Waals surface area contributed by atoms with Gasteiger partial charge in [0.25, 0.3) is 0 Å². The Morgan fingerprint density at radius 3 is 3.00 bits per heavy atom. The van der Waals surface area contributed by atoms with Crippen molar-refractivity contribution >= 4 is 6.09 Å². The highest BCUT2D eigenvalue weighted by Gasteiger charge is 1.89. The predicted octanol–water partition coefficient (Wildman–Crippen LogP) is 1.33. The van der Waals surface area contributed by atoms with Crippen LogP contribution in [0.25, 0.3) is 0 Å². The van der Waals surface area contributed by atoms with Crippen LogP contribution in [0, 0.1) is 11.3 Å². The molecule has 0 bridgehead atoms. The minimum absolute atomic E-state index is 0.504. The summed E-state index contributed by atoms with van der Waals surface area (Å²) in [5.74, 6) is 0. The summed E-state index contributed by atoms with van der Waals surface area (Å²) in [6.07, 6.45) is 6.32. The Morgan fingerprint density at radius 1 is 1.67 bits per heavy atom. The first-order chi connectivity index (χ1) is 5.81. The quantitative estimate of drug-likeness (QED) is 0.643. The van der Waals surface area contributed by atoms with Crippen LogP contribution in [0.15, 0.2) is 24.4 Å². The van der Waals surface area contributed by atoms with Crippen molar-refractivity contribution in [3.8, 4) is 6.07 Å². The van der Waals surface area contributed by atoms with Crippen LogP contribution in [0.4, 0.5) is 4.79 Å². The van der Waals surface area contributed by atoms with Gasteiger partial charge in [-0.25, -0.2) is 4.79 Å². The number of methoxy groups -OCH3 is 1. The van der Waals surface area contributed by atoms with Crippen LogP contribution in [0.5, 0.6) is 0 Å². The third kappa shape index (κ3) is 6.36. The third-order valence-electron chi connectivity index (χ3n) is 0.969. The SMILES string of the molecule is COC(=O)N/C=C\C/C=C/C#N. The summed E-state index contributed by atoms with van der Waals surface area (Å²) in [5.41, 5.74) is 0. The van der Waals surface area contributed by atoms with Crippen molar-refractivity contribution in [3.63, 3.8) is 0 Å². The lowest BCUT2D eigenvalue weighted by molar-refractivity contribution is 0.175. The molecule has 0 aliphatic carbocycles. The van der Waals surface area contributed by atoms with E-state index in [0.29, 0.717) is 6.42 Å². The van der Waals surface area contributed by atoms with Crippen molar-refractivity contribution in [2.75, 3.05) is 7.11 Å². The standard InChI is InChI=1S/C8H10N2O2/c1-12-8(11)10-7-5-3-2-4-6-9/h2,4-5,7H,3H2,1H3,(H,10,11)/b4-2+,7-5-. The molecule has 0 aromatic heterocycles. The maximum absolute atomic E-state index is 10.4. The van der Waals surface area contributed by atoms with E-state index < -0.39 is 6.09 Å². The van der Waals surface area contributed by atoms with Gasteiger partial charge in [-0.15, -0.1) is 0 Å². The summed E-state index contributed by atoms with van der Waals surface area (Å²) in [5, 5.41) is 10.4. The van der Waals surface area contributed by atoms with E-state index in [4.69, 9.17) is 5.26 Å². The lowest BCUT2D eigenvalue weighted by Gasteiger charge is -1.93. The number of rotatable bonds is 3. The Hall–Kier alpha value is -1.76. The van der Waals surface area contributed by atoms with Gasteiger partial charge >= 0.3 is 6.09 Å². The van der Waals surface area contributed by atoms with E-state index in [1.807, 2.05) is 6.07 Å². The van der Waals surface area contributed by atoms with E-state index in [-0.39, 0.29) is 0 Å². The van der Waals surface area contributed by atoms with E-state index in [1.165, 1.54) is 19.4 Å². The summed E-state index contributed by atoms with van der Waals surface area (Å²) < 4.78 is 4.31. The molecular formula is C8H10N2O2. The van der Waals surface area contributed by atoms with Gasteiger partial charge in [-0.2, -0.15) is 5.26 Å². The Labute approximate surface area is 71.1 Å². The number of nitrogens with zero attached hydrogens (tertiary/aromatic N) is 1. The predicted molar refractivity (Wildman–Crippen MR) is 44.1 cm³/mol. The molecule has 64 valence electrons. The zero-order chi connectivity index (χ0) is 9.23. The maximum atomic E-state index is 10.4. The Morgan fingerprint density at radius 2 is 2.42 bits per heavy atom. The summed E-state index contributed by atoms with van der Waals surface area (Å²) in [4.78, 5) is 10.4. The molecule has 1 N–H and O–H groups in total. The van der Waals surface area contributed by atoms with Crippen LogP contribution >= 0.6 is 0 Å². The molecule has 12 heavy (non-hydrogen) atoms. The fourth-order valence-electron chi connectivity index (χ4n) is 0.453. The molecule has 0 aromatic carbocycles. The number of nitrogens with one attached hydrogen (secondary N) is 1. The minimum Gasteiger partial charge on any atom is -0.453 e. The smallest absolute Gasteiger partial charge is 0.410 e. The minimum atomic E-state index is -0.504. The van der Waals surface area contributed by atoms with E-state index in [1.54, 1.807) is 12.2 Å². The molecule has 0 rings (SSSR count). The number of carbonyl (C=O) groups excluding carboxylic acids is 1. The zero-order valence-electron chi connectivity index (χ0n) is 6.78. The van der Waals surface area contributed by atoms with E-state index >= 15 is 0 Å². The average molecular weight is 166 g/mol. The van der Waals surface area contributed by atoms with Crippen molar-refractivity contribution < 1.29 is 9.53 Å². The number of allylic oxidation sites excluding steroid dienone is 3. The van der Waals surface area contributed by atoms with Crippen molar-refractivity contribution in [1.29, 1.82) is 5.26 Å². The van der Waals surface area contributed by atoms with E-state index in [9.17, 15) is 4.79 Å². The van der Waals surface area contributed by atoms with Crippen molar-refractivity contribution in [1.82, 2.24) is 5.32 Å². The molecule has 1 amide bonds. The average Bonchev–Trinajstić information content (AvgIpc) is 2.10. The van der Waals surface area contributed by atoms with Crippen molar-refractivity contribution in [2.24, 2.45) is 0 Å². The maximum Gasteiger partial charge on any atom is 0.410 e. The molecule has 0 saturated carbocycles. The highest BCUT2D eigenvalue weighted by molar-refractivity contribution is 5.68. The lowest BCUT2D eigenvalue weighted by atomic mass is 10.4. The molecule has 4 nitrogen and oxygen atoms in total. The zero-order valence-corrected chi connectivity index (χ0v) is 6.78. The fraction of sp³-hybridized carbons (Fsp3) is 0.250. The number of ether oxygens (including phenoxy) is 1. The molecule has 0 atom stereocenters. The molecule has 0 unspecified atom stereocenters. The second-order valence-corrected chi connectivity index (χ2v) is 1.81. The van der Waals surface area contributed by atoms with Crippen molar-refractivity contribution in [2.45, 2.75) is 6.42 Å². The van der Waals surface area contributed by atoms with Gasteiger partial charge < -0.3 is 4.74 Å². The summed E-state index contributed by atoms with van der Waals surface area (Å²) in [6, 6.07) is 1.85. The van der Waals surface area contributed by atoms with Gasteiger partial charge in [-0.05, 0) is 6.42 Å². The molecule has 0 aliphatic rings. The molecule has 4 heteroatoms. The number of carbonyl (C=O) groups is 1. The van der Waals surface area contributed by atoms with E-state index in [2.05, 4.69) is 10.1 Å². The monoisotopic (exact) mass is 166 g/mol. The number of hydrogen-bond acceptors (Lipinski definition) is 3. The Kier molecular flexibility index (Phi) is 6.27. The number of nitriles is 1. The first-order valence-corrected chi connectivity index (χ1v) is 3.35. The highest BCUT2D eigenvalue weighted by Crippen LogP contribution is 1.83. The summed E-state index contributed by atoms with van der Waals surface area (Å²) in [7, 11) is 1.29. The van der Waals surface area contributed by atoms with Gasteiger partial charge in [0.2, 0.25) is 0 Å². The van der Waals surface area contributed by atoms with Crippen LogP contribution < -0.4 is 5.32 Å². The third-order valence-corrected chi connectivity index (χ3v) is 0.969. The molecule has 0 heterocycles. The molecule has 0 fully saturated rings. The van der Waals surface area contributed by atoms with Crippen LogP contribution in [-0.4, -0.2) is 13.2 Å². The van der Waals surface area contributed by atoms with Gasteiger partial charge in [0, 0.05) is 12.3 Å². The molecular weight excluding hydrogens is 156 g/mol. The van der Waals surface area contributed by atoms with Crippen molar-refractivity contribution in [3.05, 3.63) is 24.4 Å². The normalized spacial score (nSPS) is 10.0. The molecule has 0 spiro atoms. The lowest BCUT2D eigenvalue weighted by Crippen LogP contribution is -2.15. The second-order valence-electron chi connectivity index (χ2n) is 1.81. The van der Waals surface area contributed by atoms with Crippen LogP contribution in [0.1, 0.15) is 6.42 Å². The van der Waals surface area contributed by atoms with Gasteiger partial charge in [0.05, 0.1) is 13.2 Å². The first kappa shape index (κ1) is 10.2. The van der Waals surface area contributed by atoms with Gasteiger partial charge in [0.1, 0.15) is 0 Å². The Bertz CT molecular complexity index is 226. The van der Waals surface area contributed by atoms with Crippen LogP contribution in [0.3, 0.4) is 0 Å². The molecule has 0 aliphatic heterocycles. The van der Waals surface area contributed by atoms with Gasteiger partial charge in [0.15, 0.2) is 0 Å². The van der Waals surface area contributed by atoms with Gasteiger partial charge in [-0.3, -0.25) is 5.32 Å². The summed E-state index contributed by atoms with van der Waals surface area (Å²) >= 11 is 0. The molecule has 0 radical (unpaired) electrons. The van der Waals surface area contributed by atoms with Crippen LogP contribution in [0.2, 0.25) is 0 Å². The first-order valence-electron chi connectivity index (χ1n) is 3.35.